The van der Waals surface area contributed by atoms with Crippen molar-refractivity contribution in [1.82, 2.24) is 4.90 Å². The van der Waals surface area contributed by atoms with Gasteiger partial charge < -0.3 is 10.0 Å². The lowest BCUT2D eigenvalue weighted by Gasteiger charge is -2.47. The van der Waals surface area contributed by atoms with Crippen LogP contribution in [0, 0.1) is 0 Å². The SMILES string of the molecule is O=C1C[C@H]2SC(I)(C(=O)O)CCN12. The van der Waals surface area contributed by atoms with Crippen LogP contribution in [0.25, 0.3) is 0 Å². The summed E-state index contributed by atoms with van der Waals surface area (Å²) in [5.41, 5.74) is 0. The molecule has 0 radical (unpaired) electrons. The van der Waals surface area contributed by atoms with Crippen LogP contribution in [0.3, 0.4) is 0 Å². The fourth-order valence-electron chi connectivity index (χ4n) is 1.50. The average molecular weight is 313 g/mol. The minimum absolute atomic E-state index is 0.106. The van der Waals surface area contributed by atoms with Crippen molar-refractivity contribution in [3.05, 3.63) is 0 Å². The van der Waals surface area contributed by atoms with E-state index in [-0.39, 0.29) is 11.3 Å². The minimum Gasteiger partial charge on any atom is -0.480 e. The number of aliphatic carboxylic acids is 1. The van der Waals surface area contributed by atoms with Gasteiger partial charge in [-0.1, -0.05) is 22.6 Å². The maximum Gasteiger partial charge on any atom is 0.330 e. The highest BCUT2D eigenvalue weighted by molar-refractivity contribution is 14.1. The van der Waals surface area contributed by atoms with Crippen LogP contribution in [0.15, 0.2) is 0 Å². The smallest absolute Gasteiger partial charge is 0.330 e. The van der Waals surface area contributed by atoms with Crippen molar-refractivity contribution < 1.29 is 14.7 Å². The van der Waals surface area contributed by atoms with Gasteiger partial charge >= 0.3 is 5.97 Å². The first-order chi connectivity index (χ1) is 6.03. The molecule has 0 aromatic rings. The highest BCUT2D eigenvalue weighted by Crippen LogP contribution is 2.48. The van der Waals surface area contributed by atoms with E-state index in [1.54, 1.807) is 4.90 Å². The molecule has 72 valence electrons. The molecule has 0 saturated carbocycles. The molecule has 2 aliphatic heterocycles. The maximum absolute atomic E-state index is 11.0. The maximum atomic E-state index is 11.0. The zero-order valence-electron chi connectivity index (χ0n) is 6.70. The fraction of sp³-hybridized carbons (Fsp3) is 0.714. The first-order valence-electron chi connectivity index (χ1n) is 3.92. The van der Waals surface area contributed by atoms with E-state index in [4.69, 9.17) is 5.11 Å². The molecule has 4 nitrogen and oxygen atoms in total. The minimum atomic E-state index is -0.780. The summed E-state index contributed by atoms with van der Waals surface area (Å²) in [6.07, 6.45) is 1.04. The number of rotatable bonds is 1. The fourth-order valence-corrected chi connectivity index (χ4v) is 3.93. The Hall–Kier alpha value is 0.0200. The molecular formula is C7H8INO3S. The number of halogens is 1. The second-order valence-electron chi connectivity index (χ2n) is 3.15. The van der Waals surface area contributed by atoms with Gasteiger partial charge in [0.05, 0.1) is 11.8 Å². The molecule has 13 heavy (non-hydrogen) atoms. The second kappa shape index (κ2) is 3.01. The van der Waals surface area contributed by atoms with Crippen LogP contribution in [0.1, 0.15) is 12.8 Å². The molecule has 0 spiro atoms. The van der Waals surface area contributed by atoms with Gasteiger partial charge in [-0.2, -0.15) is 0 Å². The van der Waals surface area contributed by atoms with Crippen molar-refractivity contribution in [3.63, 3.8) is 0 Å². The third-order valence-electron chi connectivity index (χ3n) is 2.33. The Morgan fingerprint density at radius 3 is 2.92 bits per heavy atom. The molecular weight excluding hydrogens is 305 g/mol. The Labute approximate surface area is 93.2 Å². The summed E-state index contributed by atoms with van der Waals surface area (Å²) < 4.78 is -0.723. The van der Waals surface area contributed by atoms with Crippen LogP contribution in [0.5, 0.6) is 0 Å². The summed E-state index contributed by atoms with van der Waals surface area (Å²) in [5, 5.41) is 9.07. The molecule has 2 aliphatic rings. The highest BCUT2D eigenvalue weighted by atomic mass is 127. The van der Waals surface area contributed by atoms with Gasteiger partial charge in [-0.25, -0.2) is 4.79 Å². The number of amides is 1. The predicted molar refractivity (Wildman–Crippen MR) is 56.7 cm³/mol. The van der Waals surface area contributed by atoms with Gasteiger partial charge in [0, 0.05) is 6.54 Å². The van der Waals surface area contributed by atoms with Crippen molar-refractivity contribution >= 4 is 46.2 Å². The Morgan fingerprint density at radius 2 is 2.46 bits per heavy atom. The van der Waals surface area contributed by atoms with Crippen molar-refractivity contribution in [2.75, 3.05) is 6.54 Å². The third-order valence-corrected chi connectivity index (χ3v) is 5.54. The predicted octanol–water partition coefficient (Wildman–Crippen LogP) is 0.898. The Balaban J connectivity index is 2.08. The van der Waals surface area contributed by atoms with Crippen LogP contribution in [0.2, 0.25) is 0 Å². The highest BCUT2D eigenvalue weighted by Gasteiger charge is 2.50. The quantitative estimate of drug-likeness (QED) is 0.444. The summed E-state index contributed by atoms with van der Waals surface area (Å²) in [4.78, 5) is 23.7. The average Bonchev–Trinajstić information content (AvgIpc) is 2.02. The Morgan fingerprint density at radius 1 is 1.77 bits per heavy atom. The van der Waals surface area contributed by atoms with Crippen molar-refractivity contribution in [2.45, 2.75) is 21.0 Å². The van der Waals surface area contributed by atoms with Crippen molar-refractivity contribution in [1.29, 1.82) is 0 Å². The van der Waals surface area contributed by atoms with Gasteiger partial charge in [0.25, 0.3) is 0 Å². The molecule has 1 amide bonds. The number of alkyl halides is 1. The van der Waals surface area contributed by atoms with Crippen LogP contribution in [-0.4, -0.2) is 36.6 Å². The van der Waals surface area contributed by atoms with E-state index in [1.807, 2.05) is 22.6 Å². The van der Waals surface area contributed by atoms with E-state index in [2.05, 4.69) is 0 Å². The largest absolute Gasteiger partial charge is 0.480 e. The number of β-lactam (4-membered cyclic amide) rings is 1. The topological polar surface area (TPSA) is 57.6 Å². The molecule has 0 bridgehead atoms. The number of fused-ring (bicyclic) bond motifs is 1. The summed E-state index contributed by atoms with van der Waals surface area (Å²) in [6, 6.07) is 0. The van der Waals surface area contributed by atoms with E-state index in [9.17, 15) is 9.59 Å². The first kappa shape index (κ1) is 9.57. The standard InChI is InChI=1S/C7H8INO3S/c8-7(6(11)12)1-2-9-4(10)3-5(9)13-7/h5H,1-3H2,(H,11,12)/t5-,7?/m1/s1. The van der Waals surface area contributed by atoms with E-state index in [0.29, 0.717) is 19.4 Å². The normalized spacial score (nSPS) is 38.1. The molecule has 1 unspecified atom stereocenters. The summed E-state index contributed by atoms with van der Waals surface area (Å²) in [5.74, 6) is -0.626. The lowest BCUT2D eigenvalue weighted by atomic mass is 10.1. The van der Waals surface area contributed by atoms with Crippen molar-refractivity contribution in [2.24, 2.45) is 0 Å². The number of hydrogen-bond donors (Lipinski definition) is 1. The molecule has 6 heteroatoms. The molecule has 1 N–H and O–H groups in total. The molecule has 2 atom stereocenters. The number of nitrogens with zero attached hydrogens (tertiary/aromatic N) is 1. The van der Waals surface area contributed by atoms with Crippen LogP contribution in [0.4, 0.5) is 0 Å². The number of carbonyl (C=O) groups is 2. The first-order valence-corrected chi connectivity index (χ1v) is 5.88. The Bertz CT molecular complexity index is 285. The van der Waals surface area contributed by atoms with E-state index >= 15 is 0 Å². The molecule has 0 aromatic carbocycles. The molecule has 2 heterocycles. The lowest BCUT2D eigenvalue weighted by Crippen LogP contribution is -2.57. The summed E-state index contributed by atoms with van der Waals surface area (Å²) in [6.45, 7) is 0.589. The third kappa shape index (κ3) is 1.43. The van der Waals surface area contributed by atoms with E-state index in [1.165, 1.54) is 11.8 Å². The zero-order chi connectivity index (χ0) is 9.64. The van der Waals surface area contributed by atoms with E-state index in [0.717, 1.165) is 0 Å². The van der Waals surface area contributed by atoms with Gasteiger partial charge in [0.1, 0.15) is 0 Å². The molecule has 0 aliphatic carbocycles. The number of carboxylic acid groups (broad SMARTS) is 1. The second-order valence-corrected chi connectivity index (χ2v) is 7.20. The summed E-state index contributed by atoms with van der Waals surface area (Å²) >= 11 is 3.36. The molecule has 2 fully saturated rings. The van der Waals surface area contributed by atoms with E-state index < -0.39 is 8.72 Å². The Kier molecular flexibility index (Phi) is 2.22. The molecule has 0 aromatic heterocycles. The van der Waals surface area contributed by atoms with Gasteiger partial charge in [-0.05, 0) is 6.42 Å². The number of hydrogen-bond acceptors (Lipinski definition) is 3. The summed E-state index contributed by atoms with van der Waals surface area (Å²) in [7, 11) is 0. The van der Waals surface area contributed by atoms with Crippen LogP contribution < -0.4 is 0 Å². The lowest BCUT2D eigenvalue weighted by molar-refractivity contribution is -0.144. The van der Waals surface area contributed by atoms with Gasteiger partial charge in [-0.15, -0.1) is 11.8 Å². The number of carbonyl (C=O) groups excluding carboxylic acids is 1. The zero-order valence-corrected chi connectivity index (χ0v) is 9.67. The molecule has 2 rings (SSSR count). The number of thioether (sulfide) groups is 1. The van der Waals surface area contributed by atoms with Crippen LogP contribution in [-0.2, 0) is 9.59 Å². The van der Waals surface area contributed by atoms with Crippen molar-refractivity contribution in [3.8, 4) is 0 Å². The number of carboxylic acids is 1. The van der Waals surface area contributed by atoms with Gasteiger partial charge in [0.2, 0.25) is 5.91 Å². The molecule has 2 saturated heterocycles. The monoisotopic (exact) mass is 313 g/mol. The van der Waals surface area contributed by atoms with Gasteiger partial charge in [-0.3, -0.25) is 4.79 Å². The van der Waals surface area contributed by atoms with Gasteiger partial charge in [0.15, 0.2) is 2.75 Å². The van der Waals surface area contributed by atoms with Crippen LogP contribution >= 0.6 is 34.4 Å².